The molecule has 45 heavy (non-hydrogen) atoms. The van der Waals surface area contributed by atoms with Gasteiger partial charge < -0.3 is 15.5 Å². The summed E-state index contributed by atoms with van der Waals surface area (Å²) in [5, 5.41) is 9.49. The molecule has 1 atom stereocenters. The van der Waals surface area contributed by atoms with E-state index >= 15 is 0 Å². The molecule has 4 aromatic carbocycles. The second-order valence-corrected chi connectivity index (χ2v) is 13.8. The van der Waals surface area contributed by atoms with Gasteiger partial charge in [-0.15, -0.1) is 0 Å². The standard InChI is InChI=1S/C37H43N5O2S/c1-30(19-22-38)40-23-20-36(21-24-40)42(29-34-14-8-13-33(25-34)26-39)35-15-17-37(18-16-35)45(43,44)41(27-31-9-4-2-5-10-31)28-32-11-6-3-7-12-32/h2-18,25,30,36H,19-24,27-29,38H2,1H3. The van der Waals surface area contributed by atoms with Crippen molar-refractivity contribution in [2.75, 3.05) is 24.5 Å². The Morgan fingerprint density at radius 2 is 1.40 bits per heavy atom. The van der Waals surface area contributed by atoms with Crippen molar-refractivity contribution in [2.45, 2.75) is 62.8 Å². The van der Waals surface area contributed by atoms with Gasteiger partial charge in [0, 0.05) is 50.5 Å². The summed E-state index contributed by atoms with van der Waals surface area (Å²) < 4.78 is 29.8. The number of nitrogens with zero attached hydrogens (tertiary/aromatic N) is 4. The van der Waals surface area contributed by atoms with E-state index in [0.29, 0.717) is 24.7 Å². The van der Waals surface area contributed by atoms with E-state index in [1.165, 1.54) is 0 Å². The summed E-state index contributed by atoms with van der Waals surface area (Å²) in [6.07, 6.45) is 2.97. The number of likely N-dealkylation sites (tertiary alicyclic amines) is 1. The molecule has 5 rings (SSSR count). The fraction of sp³-hybridized carbons (Fsp3) is 0.324. The average Bonchev–Trinajstić information content (AvgIpc) is 3.08. The summed E-state index contributed by atoms with van der Waals surface area (Å²) in [6.45, 7) is 6.10. The minimum absolute atomic E-state index is 0.273. The van der Waals surface area contributed by atoms with E-state index in [4.69, 9.17) is 5.73 Å². The zero-order chi connectivity index (χ0) is 31.6. The van der Waals surface area contributed by atoms with Crippen molar-refractivity contribution in [3.05, 3.63) is 131 Å². The zero-order valence-corrected chi connectivity index (χ0v) is 26.8. The Bertz CT molecular complexity index is 1610. The quantitative estimate of drug-likeness (QED) is 0.192. The molecule has 0 aliphatic carbocycles. The molecule has 0 aromatic heterocycles. The first-order valence-electron chi connectivity index (χ1n) is 15.7. The van der Waals surface area contributed by atoms with Gasteiger partial charge in [-0.3, -0.25) is 0 Å². The van der Waals surface area contributed by atoms with Crippen LogP contribution in [0.1, 0.15) is 48.4 Å². The zero-order valence-electron chi connectivity index (χ0n) is 26.0. The molecular formula is C37H43N5O2S. The van der Waals surface area contributed by atoms with Gasteiger partial charge >= 0.3 is 0 Å². The third-order valence-electron chi connectivity index (χ3n) is 8.77. The molecule has 1 aliphatic rings. The fourth-order valence-electron chi connectivity index (χ4n) is 6.19. The number of hydrogen-bond donors (Lipinski definition) is 1. The smallest absolute Gasteiger partial charge is 0.243 e. The minimum atomic E-state index is -3.79. The van der Waals surface area contributed by atoms with Gasteiger partial charge in [0.05, 0.1) is 16.5 Å². The molecule has 0 amide bonds. The lowest BCUT2D eigenvalue weighted by Crippen LogP contribution is -2.47. The Labute approximate surface area is 268 Å². The van der Waals surface area contributed by atoms with Crippen molar-refractivity contribution in [1.82, 2.24) is 9.21 Å². The summed E-state index contributed by atoms with van der Waals surface area (Å²) in [5.74, 6) is 0. The van der Waals surface area contributed by atoms with Gasteiger partial charge in [0.1, 0.15) is 0 Å². The van der Waals surface area contributed by atoms with Crippen LogP contribution in [0.3, 0.4) is 0 Å². The van der Waals surface area contributed by atoms with E-state index in [0.717, 1.165) is 54.7 Å². The summed E-state index contributed by atoms with van der Waals surface area (Å²) >= 11 is 0. The van der Waals surface area contributed by atoms with Gasteiger partial charge in [-0.05, 0) is 85.8 Å². The monoisotopic (exact) mass is 621 g/mol. The summed E-state index contributed by atoms with van der Waals surface area (Å²) in [7, 11) is -3.79. The second kappa shape index (κ2) is 15.3. The fourth-order valence-corrected chi connectivity index (χ4v) is 7.60. The molecule has 4 aromatic rings. The lowest BCUT2D eigenvalue weighted by atomic mass is 9.99. The largest absolute Gasteiger partial charge is 0.364 e. The van der Waals surface area contributed by atoms with Crippen LogP contribution < -0.4 is 10.6 Å². The van der Waals surface area contributed by atoms with Crippen LogP contribution >= 0.6 is 0 Å². The van der Waals surface area contributed by atoms with E-state index in [1.54, 1.807) is 16.4 Å². The highest BCUT2D eigenvalue weighted by Crippen LogP contribution is 2.30. The van der Waals surface area contributed by atoms with E-state index in [1.807, 2.05) is 91.0 Å². The first-order chi connectivity index (χ1) is 21.9. The van der Waals surface area contributed by atoms with Crippen LogP contribution in [-0.2, 0) is 29.7 Å². The van der Waals surface area contributed by atoms with Crippen molar-refractivity contribution in [1.29, 1.82) is 5.26 Å². The van der Waals surface area contributed by atoms with E-state index < -0.39 is 10.0 Å². The first-order valence-corrected chi connectivity index (χ1v) is 17.2. The summed E-state index contributed by atoms with van der Waals surface area (Å²) in [4.78, 5) is 5.17. The molecule has 1 aliphatic heterocycles. The second-order valence-electron chi connectivity index (χ2n) is 11.9. The average molecular weight is 622 g/mol. The highest BCUT2D eigenvalue weighted by molar-refractivity contribution is 7.89. The Hall–Kier alpha value is -4.00. The van der Waals surface area contributed by atoms with Crippen molar-refractivity contribution in [3.8, 4) is 6.07 Å². The lowest BCUT2D eigenvalue weighted by Gasteiger charge is -2.42. The van der Waals surface area contributed by atoms with Gasteiger partial charge in [-0.2, -0.15) is 9.57 Å². The van der Waals surface area contributed by atoms with Gasteiger partial charge in [-0.1, -0.05) is 72.8 Å². The normalized spacial score (nSPS) is 15.1. The van der Waals surface area contributed by atoms with E-state index in [2.05, 4.69) is 28.9 Å². The number of nitrogens with two attached hydrogens (primary N) is 1. The van der Waals surface area contributed by atoms with Crippen molar-refractivity contribution in [2.24, 2.45) is 5.73 Å². The maximum atomic E-state index is 14.1. The van der Waals surface area contributed by atoms with Crippen molar-refractivity contribution < 1.29 is 8.42 Å². The molecule has 1 fully saturated rings. The predicted octanol–water partition coefficient (Wildman–Crippen LogP) is 6.16. The molecule has 7 nitrogen and oxygen atoms in total. The number of rotatable bonds is 13. The van der Waals surface area contributed by atoms with Crippen LogP contribution in [0.2, 0.25) is 0 Å². The number of hydrogen-bond acceptors (Lipinski definition) is 6. The molecule has 2 N–H and O–H groups in total. The molecule has 8 heteroatoms. The number of sulfonamides is 1. The Morgan fingerprint density at radius 1 is 0.822 bits per heavy atom. The van der Waals surface area contributed by atoms with Gasteiger partial charge in [0.25, 0.3) is 0 Å². The van der Waals surface area contributed by atoms with Gasteiger partial charge in [0.2, 0.25) is 10.0 Å². The van der Waals surface area contributed by atoms with Crippen molar-refractivity contribution >= 4 is 15.7 Å². The third-order valence-corrected chi connectivity index (χ3v) is 10.6. The number of benzene rings is 4. The molecule has 0 radical (unpaired) electrons. The van der Waals surface area contributed by atoms with E-state index in [9.17, 15) is 13.7 Å². The highest BCUT2D eigenvalue weighted by Gasteiger charge is 2.29. The third kappa shape index (κ3) is 8.38. The molecule has 1 heterocycles. The van der Waals surface area contributed by atoms with Crippen LogP contribution in [0.5, 0.6) is 0 Å². The molecular weight excluding hydrogens is 579 g/mol. The summed E-state index contributed by atoms with van der Waals surface area (Å²) in [6, 6.07) is 37.5. The van der Waals surface area contributed by atoms with Crippen LogP contribution in [0.15, 0.2) is 114 Å². The van der Waals surface area contributed by atoms with E-state index in [-0.39, 0.29) is 24.0 Å². The van der Waals surface area contributed by atoms with Crippen LogP contribution in [-0.4, -0.2) is 49.3 Å². The molecule has 0 spiro atoms. The molecule has 1 saturated heterocycles. The minimum Gasteiger partial charge on any atom is -0.364 e. The number of nitriles is 1. The molecule has 234 valence electrons. The Balaban J connectivity index is 1.41. The van der Waals surface area contributed by atoms with Crippen LogP contribution in [0, 0.1) is 11.3 Å². The van der Waals surface area contributed by atoms with Gasteiger partial charge in [0.15, 0.2) is 0 Å². The van der Waals surface area contributed by atoms with Crippen molar-refractivity contribution in [3.63, 3.8) is 0 Å². The first kappa shape index (κ1) is 32.4. The number of anilines is 1. The van der Waals surface area contributed by atoms with Crippen LogP contribution in [0.4, 0.5) is 5.69 Å². The van der Waals surface area contributed by atoms with Crippen LogP contribution in [0.25, 0.3) is 0 Å². The molecule has 0 bridgehead atoms. The predicted molar refractivity (Wildman–Crippen MR) is 181 cm³/mol. The molecule has 0 saturated carbocycles. The molecule has 1 unspecified atom stereocenters. The maximum Gasteiger partial charge on any atom is 0.243 e. The Morgan fingerprint density at radius 3 is 1.96 bits per heavy atom. The SMILES string of the molecule is CC(CCN)N1CCC(N(Cc2cccc(C#N)c2)c2ccc(S(=O)(=O)N(Cc3ccccc3)Cc3ccccc3)cc2)CC1. The maximum absolute atomic E-state index is 14.1. The van der Waals surface area contributed by atoms with Gasteiger partial charge in [-0.25, -0.2) is 8.42 Å². The summed E-state index contributed by atoms with van der Waals surface area (Å²) in [5.41, 5.74) is 10.4. The highest BCUT2D eigenvalue weighted by atomic mass is 32.2. The topological polar surface area (TPSA) is 93.7 Å². The lowest BCUT2D eigenvalue weighted by molar-refractivity contribution is 0.154. The Kier molecular flexibility index (Phi) is 11.0. The number of piperidine rings is 1.